The number of carbonyl (C=O) groups is 2. The van der Waals surface area contributed by atoms with Gasteiger partial charge >= 0.3 is 0 Å². The number of likely N-dealkylation sites (tertiary alicyclic amines) is 1. The molecular weight excluding hydrogens is 456 g/mol. The zero-order valence-electron chi connectivity index (χ0n) is 20.8. The lowest BCUT2D eigenvalue weighted by atomic mass is 10.1. The van der Waals surface area contributed by atoms with E-state index in [1.165, 1.54) is 6.08 Å². The highest BCUT2D eigenvalue weighted by atomic mass is 16.2. The van der Waals surface area contributed by atoms with Crippen molar-refractivity contribution < 1.29 is 9.59 Å². The van der Waals surface area contributed by atoms with Crippen LogP contribution in [0.5, 0.6) is 0 Å². The summed E-state index contributed by atoms with van der Waals surface area (Å²) in [5.74, 6) is 3.23. The molecule has 10 heteroatoms. The van der Waals surface area contributed by atoms with Crippen molar-refractivity contribution in [3.63, 3.8) is 0 Å². The number of aromatic amines is 1. The Hall–Kier alpha value is -4.39. The van der Waals surface area contributed by atoms with Gasteiger partial charge in [0.25, 0.3) is 0 Å². The van der Waals surface area contributed by atoms with Gasteiger partial charge in [0, 0.05) is 50.4 Å². The lowest BCUT2D eigenvalue weighted by Gasteiger charge is -2.32. The molecule has 1 unspecified atom stereocenters. The number of imidazole rings is 1. The Balaban J connectivity index is 1.71. The molecule has 36 heavy (non-hydrogen) atoms. The number of allylic oxidation sites excluding steroid dienone is 3. The monoisotopic (exact) mass is 488 g/mol. The van der Waals surface area contributed by atoms with Crippen LogP contribution in [0.3, 0.4) is 0 Å². The van der Waals surface area contributed by atoms with Gasteiger partial charge in [-0.1, -0.05) is 19.2 Å². The minimum absolute atomic E-state index is 0.0215. The maximum Gasteiger partial charge on any atom is 0.246 e. The van der Waals surface area contributed by atoms with Gasteiger partial charge in [-0.2, -0.15) is 9.97 Å². The van der Waals surface area contributed by atoms with E-state index in [4.69, 9.17) is 6.42 Å². The number of aromatic nitrogens is 4. The van der Waals surface area contributed by atoms with Gasteiger partial charge in [0.1, 0.15) is 5.52 Å². The van der Waals surface area contributed by atoms with E-state index in [9.17, 15) is 9.59 Å². The van der Waals surface area contributed by atoms with Gasteiger partial charge in [0.2, 0.25) is 17.8 Å². The minimum Gasteiger partial charge on any atom is -0.364 e. The second-order valence-electron chi connectivity index (χ2n) is 8.32. The molecule has 10 nitrogen and oxygen atoms in total. The molecule has 3 rings (SSSR count). The summed E-state index contributed by atoms with van der Waals surface area (Å²) in [7, 11) is 1.71. The number of likely N-dealkylation sites (N-methyl/N-ethyl adjacent to an activating group) is 1. The van der Waals surface area contributed by atoms with Crippen molar-refractivity contribution in [2.24, 2.45) is 0 Å². The summed E-state index contributed by atoms with van der Waals surface area (Å²) >= 11 is 0. The number of terminal acetylenes is 1. The van der Waals surface area contributed by atoms with Crippen LogP contribution < -0.4 is 10.6 Å². The SMILES string of the molecule is C#CCCC(=O)N(C)C(/C=C\C(=C)Nc1nc(NC2CCCN(C(=O)C=C)C2)c2nc[nH]c2n1)=C/C. The van der Waals surface area contributed by atoms with Gasteiger partial charge in [-0.25, -0.2) is 4.98 Å². The van der Waals surface area contributed by atoms with E-state index < -0.39 is 0 Å². The molecule has 1 aliphatic rings. The van der Waals surface area contributed by atoms with Gasteiger partial charge in [-0.3, -0.25) is 9.59 Å². The van der Waals surface area contributed by atoms with Crippen LogP contribution in [0.2, 0.25) is 0 Å². The molecule has 1 aliphatic heterocycles. The summed E-state index contributed by atoms with van der Waals surface area (Å²) in [4.78, 5) is 44.1. The molecule has 0 aliphatic carbocycles. The largest absolute Gasteiger partial charge is 0.364 e. The van der Waals surface area contributed by atoms with E-state index >= 15 is 0 Å². The minimum atomic E-state index is -0.0802. The van der Waals surface area contributed by atoms with Crippen molar-refractivity contribution in [2.75, 3.05) is 30.8 Å². The van der Waals surface area contributed by atoms with Crippen molar-refractivity contribution in [3.05, 3.63) is 55.2 Å². The Labute approximate surface area is 211 Å². The van der Waals surface area contributed by atoms with Gasteiger partial charge < -0.3 is 25.4 Å². The van der Waals surface area contributed by atoms with Crippen LogP contribution in [-0.4, -0.2) is 67.7 Å². The van der Waals surface area contributed by atoms with E-state index in [0.29, 0.717) is 53.8 Å². The number of fused-ring (bicyclic) bond motifs is 1. The summed E-state index contributed by atoms with van der Waals surface area (Å²) in [6.45, 7) is 10.7. The van der Waals surface area contributed by atoms with Gasteiger partial charge in [0.05, 0.1) is 6.33 Å². The molecule has 2 aromatic rings. The summed E-state index contributed by atoms with van der Waals surface area (Å²) in [5, 5.41) is 6.51. The highest BCUT2D eigenvalue weighted by Gasteiger charge is 2.23. The van der Waals surface area contributed by atoms with Crippen LogP contribution in [-0.2, 0) is 9.59 Å². The highest BCUT2D eigenvalue weighted by Crippen LogP contribution is 2.23. The zero-order chi connectivity index (χ0) is 26.1. The topological polar surface area (TPSA) is 119 Å². The van der Waals surface area contributed by atoms with Crippen LogP contribution in [0, 0.1) is 12.3 Å². The van der Waals surface area contributed by atoms with Crippen LogP contribution in [0.4, 0.5) is 11.8 Å². The molecule has 188 valence electrons. The maximum atomic E-state index is 12.3. The smallest absolute Gasteiger partial charge is 0.246 e. The summed E-state index contributed by atoms with van der Waals surface area (Å²) in [5.41, 5.74) is 2.42. The quantitative estimate of drug-likeness (QED) is 0.267. The molecular formula is C26H32N8O2. The molecule has 1 atom stereocenters. The van der Waals surface area contributed by atoms with Crippen molar-refractivity contribution in [1.29, 1.82) is 0 Å². The van der Waals surface area contributed by atoms with E-state index in [0.717, 1.165) is 12.8 Å². The number of H-pyrrole nitrogens is 1. The van der Waals surface area contributed by atoms with Crippen LogP contribution >= 0.6 is 0 Å². The van der Waals surface area contributed by atoms with Gasteiger partial charge in [0.15, 0.2) is 11.5 Å². The molecule has 2 aromatic heterocycles. The average molecular weight is 489 g/mol. The standard InChI is InChI=1S/C26H32N8O2/c1-6-9-12-22(36)33(5)20(7-2)14-13-18(4)29-26-31-24-23(27-17-28-24)25(32-26)30-19-11-10-15-34(16-19)21(35)8-3/h1,7-8,13-14,17,19H,3-4,9-12,15-16H2,2,5H3,(H3,27,28,29,30,31,32)/b14-13-,20-7+. The molecule has 0 radical (unpaired) electrons. The van der Waals surface area contributed by atoms with E-state index in [-0.39, 0.29) is 24.3 Å². The van der Waals surface area contributed by atoms with E-state index in [1.807, 2.05) is 13.0 Å². The molecule has 0 saturated carbocycles. The second-order valence-corrected chi connectivity index (χ2v) is 8.32. The first-order chi connectivity index (χ1) is 17.4. The van der Waals surface area contributed by atoms with Crippen molar-refractivity contribution in [3.8, 4) is 12.3 Å². The lowest BCUT2D eigenvalue weighted by Crippen LogP contribution is -2.44. The number of piperidine rings is 1. The number of hydrogen-bond donors (Lipinski definition) is 3. The fraction of sp³-hybridized carbons (Fsp3) is 0.346. The Kier molecular flexibility index (Phi) is 9.00. The van der Waals surface area contributed by atoms with Crippen molar-refractivity contribution >= 4 is 34.7 Å². The van der Waals surface area contributed by atoms with Crippen molar-refractivity contribution in [2.45, 2.75) is 38.6 Å². The third-order valence-corrected chi connectivity index (χ3v) is 5.80. The first kappa shape index (κ1) is 26.2. The number of hydrogen-bond acceptors (Lipinski definition) is 7. The fourth-order valence-corrected chi connectivity index (χ4v) is 3.87. The fourth-order valence-electron chi connectivity index (χ4n) is 3.87. The molecule has 0 bridgehead atoms. The predicted molar refractivity (Wildman–Crippen MR) is 142 cm³/mol. The van der Waals surface area contributed by atoms with Crippen LogP contribution in [0.25, 0.3) is 11.2 Å². The summed E-state index contributed by atoms with van der Waals surface area (Å²) < 4.78 is 0. The highest BCUT2D eigenvalue weighted by molar-refractivity contribution is 5.87. The molecule has 0 spiro atoms. The Morgan fingerprint density at radius 2 is 2.19 bits per heavy atom. The molecule has 3 heterocycles. The van der Waals surface area contributed by atoms with Gasteiger partial charge in [-0.05, 0) is 38.0 Å². The molecule has 1 saturated heterocycles. The number of nitrogens with zero attached hydrogens (tertiary/aromatic N) is 5. The number of carbonyl (C=O) groups excluding carboxylic acids is 2. The van der Waals surface area contributed by atoms with E-state index in [2.05, 4.69) is 49.6 Å². The first-order valence-electron chi connectivity index (χ1n) is 11.8. The number of anilines is 2. The zero-order valence-corrected chi connectivity index (χ0v) is 20.8. The Morgan fingerprint density at radius 3 is 2.92 bits per heavy atom. The first-order valence-corrected chi connectivity index (χ1v) is 11.8. The Morgan fingerprint density at radius 1 is 1.39 bits per heavy atom. The van der Waals surface area contributed by atoms with Crippen LogP contribution in [0.15, 0.2) is 55.2 Å². The van der Waals surface area contributed by atoms with Crippen LogP contribution in [0.1, 0.15) is 32.6 Å². The molecule has 2 amide bonds. The molecule has 3 N–H and O–H groups in total. The third kappa shape index (κ3) is 6.60. The number of nitrogens with one attached hydrogen (secondary N) is 3. The lowest BCUT2D eigenvalue weighted by molar-refractivity contribution is -0.128. The van der Waals surface area contributed by atoms with Gasteiger partial charge in [-0.15, -0.1) is 12.3 Å². The normalized spacial score (nSPS) is 16.0. The predicted octanol–water partition coefficient (Wildman–Crippen LogP) is 3.20. The number of rotatable bonds is 10. The average Bonchev–Trinajstić information content (AvgIpc) is 3.36. The van der Waals surface area contributed by atoms with E-state index in [1.54, 1.807) is 35.3 Å². The summed E-state index contributed by atoms with van der Waals surface area (Å²) in [6, 6.07) is 0.0215. The van der Waals surface area contributed by atoms with Crippen molar-refractivity contribution in [1.82, 2.24) is 29.7 Å². The number of amides is 2. The maximum absolute atomic E-state index is 12.3. The molecule has 1 fully saturated rings. The second kappa shape index (κ2) is 12.4. The summed E-state index contributed by atoms with van der Waals surface area (Å²) in [6.07, 6.45) is 16.0. The third-order valence-electron chi connectivity index (χ3n) is 5.80. The molecule has 0 aromatic carbocycles. The Bertz CT molecular complexity index is 1240.